The molecule has 6 nitrogen and oxygen atoms in total. The van der Waals surface area contributed by atoms with Gasteiger partial charge in [-0.25, -0.2) is 4.79 Å². The number of carboxylic acids is 1. The quantitative estimate of drug-likeness (QED) is 0.632. The fourth-order valence-electron chi connectivity index (χ4n) is 1.89. The third kappa shape index (κ3) is 7.31. The molecule has 0 aliphatic rings. The SMILES string of the molecule is CCN(CCCNC(=O)COCC(=O)O)c1ccccc1. The zero-order valence-electron chi connectivity index (χ0n) is 12.2. The summed E-state index contributed by atoms with van der Waals surface area (Å²) in [5, 5.41) is 11.1. The Morgan fingerprint density at radius 1 is 1.24 bits per heavy atom. The standard InChI is InChI=1S/C15H22N2O4/c1-2-17(13-7-4-3-5-8-13)10-6-9-16-14(18)11-21-12-15(19)20/h3-5,7-8H,2,6,9-12H2,1H3,(H,16,18)(H,19,20). The molecule has 1 amide bonds. The van der Waals surface area contributed by atoms with Gasteiger partial charge in [-0.15, -0.1) is 0 Å². The van der Waals surface area contributed by atoms with Crippen molar-refractivity contribution in [1.29, 1.82) is 0 Å². The van der Waals surface area contributed by atoms with E-state index < -0.39 is 12.6 Å². The number of nitrogens with one attached hydrogen (secondary N) is 1. The van der Waals surface area contributed by atoms with Crippen LogP contribution in [0.3, 0.4) is 0 Å². The molecule has 0 saturated heterocycles. The Kier molecular flexibility index (Phi) is 7.89. The molecule has 1 rings (SSSR count). The Balaban J connectivity index is 2.17. The van der Waals surface area contributed by atoms with Crippen LogP contribution in [0, 0.1) is 0 Å². The van der Waals surface area contributed by atoms with Gasteiger partial charge in [-0.05, 0) is 25.5 Å². The van der Waals surface area contributed by atoms with Gasteiger partial charge in [0.25, 0.3) is 0 Å². The highest BCUT2D eigenvalue weighted by Gasteiger charge is 2.05. The summed E-state index contributed by atoms with van der Waals surface area (Å²) in [6.07, 6.45) is 0.813. The number of hydrogen-bond acceptors (Lipinski definition) is 4. The van der Waals surface area contributed by atoms with Crippen LogP contribution in [0.1, 0.15) is 13.3 Å². The van der Waals surface area contributed by atoms with Gasteiger partial charge in [0.1, 0.15) is 13.2 Å². The summed E-state index contributed by atoms with van der Waals surface area (Å²) < 4.78 is 4.70. The first-order chi connectivity index (χ1) is 10.1. The van der Waals surface area contributed by atoms with Gasteiger partial charge < -0.3 is 20.1 Å². The summed E-state index contributed by atoms with van der Waals surface area (Å²) in [5.74, 6) is -1.37. The second-order valence-corrected chi connectivity index (χ2v) is 4.51. The van der Waals surface area contributed by atoms with Crippen molar-refractivity contribution in [3.8, 4) is 0 Å². The van der Waals surface area contributed by atoms with Gasteiger partial charge in [-0.2, -0.15) is 0 Å². The number of hydrogen-bond donors (Lipinski definition) is 2. The summed E-state index contributed by atoms with van der Waals surface area (Å²) in [6, 6.07) is 10.1. The molecule has 0 heterocycles. The highest BCUT2D eigenvalue weighted by atomic mass is 16.5. The van der Waals surface area contributed by atoms with E-state index in [1.165, 1.54) is 0 Å². The van der Waals surface area contributed by atoms with Crippen LogP contribution >= 0.6 is 0 Å². The van der Waals surface area contributed by atoms with Gasteiger partial charge in [0.2, 0.25) is 5.91 Å². The second kappa shape index (κ2) is 9.77. The molecular formula is C15H22N2O4. The molecule has 6 heteroatoms. The number of ether oxygens (including phenoxy) is 1. The minimum absolute atomic E-state index is 0.220. The minimum Gasteiger partial charge on any atom is -0.480 e. The number of benzene rings is 1. The predicted molar refractivity (Wildman–Crippen MR) is 80.4 cm³/mol. The summed E-state index contributed by atoms with van der Waals surface area (Å²) in [5.41, 5.74) is 1.16. The van der Waals surface area contributed by atoms with Crippen LogP contribution < -0.4 is 10.2 Å². The molecule has 116 valence electrons. The molecule has 0 aromatic heterocycles. The zero-order valence-corrected chi connectivity index (χ0v) is 12.2. The maximum atomic E-state index is 11.4. The molecule has 0 aliphatic carbocycles. The maximum Gasteiger partial charge on any atom is 0.329 e. The average molecular weight is 294 g/mol. The zero-order chi connectivity index (χ0) is 15.5. The van der Waals surface area contributed by atoms with Crippen LogP contribution in [0.4, 0.5) is 5.69 Å². The number of carboxylic acid groups (broad SMARTS) is 1. The highest BCUT2D eigenvalue weighted by molar-refractivity contribution is 5.77. The number of carbonyl (C=O) groups excluding carboxylic acids is 1. The van der Waals surface area contributed by atoms with Crippen LogP contribution in [-0.4, -0.2) is 49.8 Å². The molecule has 0 unspecified atom stereocenters. The lowest BCUT2D eigenvalue weighted by molar-refractivity contribution is -0.143. The van der Waals surface area contributed by atoms with Crippen molar-refractivity contribution in [3.63, 3.8) is 0 Å². The molecule has 0 saturated carbocycles. The number of aliphatic carboxylic acids is 1. The summed E-state index contributed by atoms with van der Waals surface area (Å²) in [4.78, 5) is 23.8. The summed E-state index contributed by atoms with van der Waals surface area (Å²) >= 11 is 0. The van der Waals surface area contributed by atoms with Crippen molar-refractivity contribution in [1.82, 2.24) is 5.32 Å². The van der Waals surface area contributed by atoms with E-state index in [-0.39, 0.29) is 12.5 Å². The van der Waals surface area contributed by atoms with Gasteiger partial charge in [0.05, 0.1) is 0 Å². The smallest absolute Gasteiger partial charge is 0.329 e. The molecule has 21 heavy (non-hydrogen) atoms. The number of nitrogens with zero attached hydrogens (tertiary/aromatic N) is 1. The molecule has 0 aliphatic heterocycles. The Morgan fingerprint density at radius 3 is 2.57 bits per heavy atom. The average Bonchev–Trinajstić information content (AvgIpc) is 2.48. The molecule has 0 bridgehead atoms. The van der Waals surface area contributed by atoms with Crippen molar-refractivity contribution in [2.75, 3.05) is 37.7 Å². The lowest BCUT2D eigenvalue weighted by Gasteiger charge is -2.23. The molecule has 1 aromatic rings. The molecule has 0 radical (unpaired) electrons. The second-order valence-electron chi connectivity index (χ2n) is 4.51. The van der Waals surface area contributed by atoms with Crippen molar-refractivity contribution >= 4 is 17.6 Å². The number of para-hydroxylation sites is 1. The first kappa shape index (κ1) is 17.0. The lowest BCUT2D eigenvalue weighted by atomic mass is 10.2. The molecule has 1 aromatic carbocycles. The van der Waals surface area contributed by atoms with E-state index in [9.17, 15) is 9.59 Å². The molecule has 0 atom stereocenters. The lowest BCUT2D eigenvalue weighted by Crippen LogP contribution is -2.32. The number of amides is 1. The largest absolute Gasteiger partial charge is 0.480 e. The Labute approximate surface area is 124 Å². The molecule has 2 N–H and O–H groups in total. The third-order valence-corrected chi connectivity index (χ3v) is 2.89. The van der Waals surface area contributed by atoms with Crippen LogP contribution in [0.25, 0.3) is 0 Å². The number of anilines is 1. The van der Waals surface area contributed by atoms with Crippen molar-refractivity contribution in [2.45, 2.75) is 13.3 Å². The van der Waals surface area contributed by atoms with Gasteiger partial charge in [-0.3, -0.25) is 4.79 Å². The summed E-state index contributed by atoms with van der Waals surface area (Å²) in [7, 11) is 0. The first-order valence-electron chi connectivity index (χ1n) is 6.99. The van der Waals surface area contributed by atoms with Crippen LogP contribution in [-0.2, 0) is 14.3 Å². The predicted octanol–water partition coefficient (Wildman–Crippen LogP) is 1.12. The maximum absolute atomic E-state index is 11.4. The van der Waals surface area contributed by atoms with Crippen LogP contribution in [0.15, 0.2) is 30.3 Å². The number of rotatable bonds is 10. The topological polar surface area (TPSA) is 78.9 Å². The van der Waals surface area contributed by atoms with Crippen LogP contribution in [0.5, 0.6) is 0 Å². The van der Waals surface area contributed by atoms with E-state index in [1.54, 1.807) is 0 Å². The monoisotopic (exact) mass is 294 g/mol. The van der Waals surface area contributed by atoms with E-state index in [2.05, 4.69) is 29.3 Å². The van der Waals surface area contributed by atoms with E-state index in [4.69, 9.17) is 9.84 Å². The Morgan fingerprint density at radius 2 is 1.95 bits per heavy atom. The highest BCUT2D eigenvalue weighted by Crippen LogP contribution is 2.12. The minimum atomic E-state index is -1.08. The van der Waals surface area contributed by atoms with E-state index in [1.807, 2.05) is 18.2 Å². The van der Waals surface area contributed by atoms with Crippen LogP contribution in [0.2, 0.25) is 0 Å². The van der Waals surface area contributed by atoms with Gasteiger partial charge in [-0.1, -0.05) is 18.2 Å². The molecular weight excluding hydrogens is 272 g/mol. The fourth-order valence-corrected chi connectivity index (χ4v) is 1.89. The van der Waals surface area contributed by atoms with Crippen molar-refractivity contribution in [2.24, 2.45) is 0 Å². The van der Waals surface area contributed by atoms with Gasteiger partial charge in [0.15, 0.2) is 0 Å². The Bertz CT molecular complexity index is 437. The fraction of sp³-hybridized carbons (Fsp3) is 0.467. The van der Waals surface area contributed by atoms with E-state index >= 15 is 0 Å². The summed E-state index contributed by atoms with van der Waals surface area (Å²) in [6.45, 7) is 3.70. The third-order valence-electron chi connectivity index (χ3n) is 2.89. The van der Waals surface area contributed by atoms with E-state index in [0.717, 1.165) is 25.2 Å². The van der Waals surface area contributed by atoms with Gasteiger partial charge in [0, 0.05) is 25.3 Å². The van der Waals surface area contributed by atoms with Gasteiger partial charge >= 0.3 is 5.97 Å². The van der Waals surface area contributed by atoms with Crippen molar-refractivity contribution < 1.29 is 19.4 Å². The van der Waals surface area contributed by atoms with Crippen molar-refractivity contribution in [3.05, 3.63) is 30.3 Å². The molecule has 0 spiro atoms. The first-order valence-corrected chi connectivity index (χ1v) is 6.99. The van der Waals surface area contributed by atoms with E-state index in [0.29, 0.717) is 6.54 Å². The normalized spacial score (nSPS) is 10.1. The number of carbonyl (C=O) groups is 2. The molecule has 0 fully saturated rings. The Hall–Kier alpha value is -2.08.